The number of nitrogen functional groups attached to an aromatic ring is 1. The van der Waals surface area contributed by atoms with Gasteiger partial charge in [0.15, 0.2) is 0 Å². The highest BCUT2D eigenvalue weighted by Gasteiger charge is 2.27. The quantitative estimate of drug-likeness (QED) is 0.827. The summed E-state index contributed by atoms with van der Waals surface area (Å²) >= 11 is -0.177. The Kier molecular flexibility index (Phi) is 4.83. The van der Waals surface area contributed by atoms with E-state index in [-0.39, 0.29) is 29.6 Å². The molecule has 0 unspecified atom stereocenters. The molecule has 0 fully saturated rings. The number of aryl methyl sites for hydroxylation is 1. The molecule has 0 aliphatic heterocycles. The number of anilines is 1. The molecule has 1 aromatic rings. The lowest BCUT2D eigenvalue weighted by molar-refractivity contribution is -0.0327. The second kappa shape index (κ2) is 5.94. The van der Waals surface area contributed by atoms with Crippen LogP contribution in [0, 0.1) is 6.92 Å². The van der Waals surface area contributed by atoms with Crippen molar-refractivity contribution in [3.63, 3.8) is 0 Å². The molecule has 1 amide bonds. The zero-order valence-corrected chi connectivity index (χ0v) is 10.4. The van der Waals surface area contributed by atoms with E-state index in [1.165, 1.54) is 12.3 Å². The molecule has 1 aromatic heterocycles. The van der Waals surface area contributed by atoms with Crippen molar-refractivity contribution in [3.8, 4) is 0 Å². The number of pyridine rings is 1. The monoisotopic (exact) mass is 279 g/mol. The maximum Gasteiger partial charge on any atom is 0.441 e. The van der Waals surface area contributed by atoms with E-state index >= 15 is 0 Å². The van der Waals surface area contributed by atoms with Crippen molar-refractivity contribution in [2.45, 2.75) is 12.4 Å². The highest BCUT2D eigenvalue weighted by molar-refractivity contribution is 8.00. The number of halogens is 3. The average molecular weight is 279 g/mol. The highest BCUT2D eigenvalue weighted by Crippen LogP contribution is 2.29. The molecule has 0 aliphatic carbocycles. The largest absolute Gasteiger partial charge is 0.441 e. The van der Waals surface area contributed by atoms with Gasteiger partial charge in [-0.15, -0.1) is 0 Å². The Bertz CT molecular complexity index is 437. The van der Waals surface area contributed by atoms with Crippen molar-refractivity contribution in [2.75, 3.05) is 18.0 Å². The second-order valence-electron chi connectivity index (χ2n) is 3.45. The van der Waals surface area contributed by atoms with Gasteiger partial charge in [0.2, 0.25) is 0 Å². The molecule has 1 rings (SSSR count). The Balaban J connectivity index is 2.48. The average Bonchev–Trinajstić information content (AvgIpc) is 2.26. The number of alkyl halides is 3. The first-order chi connectivity index (χ1) is 8.29. The molecular weight excluding hydrogens is 267 g/mol. The predicted octanol–water partition coefficient (Wildman–Crippen LogP) is 1.96. The van der Waals surface area contributed by atoms with Crippen molar-refractivity contribution in [3.05, 3.63) is 23.5 Å². The van der Waals surface area contributed by atoms with Crippen molar-refractivity contribution < 1.29 is 18.0 Å². The molecule has 0 saturated carbocycles. The van der Waals surface area contributed by atoms with Crippen LogP contribution in [0.3, 0.4) is 0 Å². The molecule has 3 N–H and O–H groups in total. The SMILES string of the molecule is Cc1ncc(N)cc1C(=O)NCCSC(F)(F)F. The van der Waals surface area contributed by atoms with Gasteiger partial charge in [0.1, 0.15) is 0 Å². The van der Waals surface area contributed by atoms with E-state index in [4.69, 9.17) is 5.73 Å². The Morgan fingerprint density at radius 3 is 2.83 bits per heavy atom. The van der Waals surface area contributed by atoms with Crippen LogP contribution >= 0.6 is 11.8 Å². The number of carbonyl (C=O) groups excluding carboxylic acids is 1. The first-order valence-electron chi connectivity index (χ1n) is 5.00. The summed E-state index contributed by atoms with van der Waals surface area (Å²) in [6, 6.07) is 1.44. The van der Waals surface area contributed by atoms with Crippen LogP contribution in [0.15, 0.2) is 12.3 Å². The minimum absolute atomic E-state index is 0.0722. The number of nitrogens with two attached hydrogens (primary N) is 1. The zero-order valence-electron chi connectivity index (χ0n) is 9.54. The molecule has 1 heterocycles. The fourth-order valence-corrected chi connectivity index (χ4v) is 1.64. The zero-order chi connectivity index (χ0) is 13.8. The van der Waals surface area contributed by atoms with Crippen LogP contribution in [-0.2, 0) is 0 Å². The van der Waals surface area contributed by atoms with Gasteiger partial charge in [0.25, 0.3) is 5.91 Å². The Morgan fingerprint density at radius 2 is 2.22 bits per heavy atom. The molecule has 0 atom stereocenters. The molecule has 18 heavy (non-hydrogen) atoms. The van der Waals surface area contributed by atoms with Gasteiger partial charge in [-0.05, 0) is 24.8 Å². The summed E-state index contributed by atoms with van der Waals surface area (Å²) in [5.41, 5.74) is 2.28. The molecule has 0 bridgehead atoms. The lowest BCUT2D eigenvalue weighted by Crippen LogP contribution is -2.27. The van der Waals surface area contributed by atoms with Gasteiger partial charge in [0, 0.05) is 12.3 Å². The fraction of sp³-hybridized carbons (Fsp3) is 0.400. The number of amides is 1. The summed E-state index contributed by atoms with van der Waals surface area (Å²) in [7, 11) is 0. The molecule has 0 spiro atoms. The smallest absolute Gasteiger partial charge is 0.397 e. The van der Waals surface area contributed by atoms with Gasteiger partial charge in [-0.25, -0.2) is 0 Å². The number of nitrogens with zero attached hydrogens (tertiary/aromatic N) is 1. The molecule has 4 nitrogen and oxygen atoms in total. The molecule has 0 aliphatic rings. The summed E-state index contributed by atoms with van der Waals surface area (Å²) in [6.45, 7) is 1.55. The topological polar surface area (TPSA) is 68.0 Å². The molecule has 100 valence electrons. The Labute approximate surface area is 106 Å². The third kappa shape index (κ3) is 4.82. The van der Waals surface area contributed by atoms with Crippen LogP contribution in [0.2, 0.25) is 0 Å². The lowest BCUT2D eigenvalue weighted by atomic mass is 10.2. The van der Waals surface area contributed by atoms with E-state index in [2.05, 4.69) is 10.3 Å². The van der Waals surface area contributed by atoms with Crippen LogP contribution in [0.4, 0.5) is 18.9 Å². The fourth-order valence-electron chi connectivity index (χ4n) is 1.21. The summed E-state index contributed by atoms with van der Waals surface area (Å²) in [6.07, 6.45) is 1.41. The van der Waals surface area contributed by atoms with E-state index in [0.717, 1.165) is 0 Å². The maximum absolute atomic E-state index is 11.8. The van der Waals surface area contributed by atoms with Gasteiger partial charge < -0.3 is 11.1 Å². The summed E-state index contributed by atoms with van der Waals surface area (Å²) in [5, 5.41) is 2.38. The van der Waals surface area contributed by atoms with Crippen LogP contribution in [0.25, 0.3) is 0 Å². The number of nitrogens with one attached hydrogen (secondary N) is 1. The number of hydrogen-bond acceptors (Lipinski definition) is 4. The van der Waals surface area contributed by atoms with Crippen LogP contribution in [0.1, 0.15) is 16.1 Å². The second-order valence-corrected chi connectivity index (χ2v) is 4.61. The van der Waals surface area contributed by atoms with E-state index in [1.54, 1.807) is 6.92 Å². The summed E-state index contributed by atoms with van der Waals surface area (Å²) in [5.74, 6) is -0.709. The number of aromatic nitrogens is 1. The van der Waals surface area contributed by atoms with Crippen molar-refractivity contribution in [1.82, 2.24) is 10.3 Å². The van der Waals surface area contributed by atoms with Crippen molar-refractivity contribution in [1.29, 1.82) is 0 Å². The number of thioether (sulfide) groups is 1. The number of hydrogen-bond donors (Lipinski definition) is 2. The van der Waals surface area contributed by atoms with Gasteiger partial charge in [-0.1, -0.05) is 0 Å². The summed E-state index contributed by atoms with van der Waals surface area (Å²) in [4.78, 5) is 15.5. The third-order valence-corrected chi connectivity index (χ3v) is 2.74. The van der Waals surface area contributed by atoms with Crippen molar-refractivity contribution >= 4 is 23.4 Å². The number of rotatable bonds is 4. The maximum atomic E-state index is 11.8. The first-order valence-corrected chi connectivity index (χ1v) is 5.99. The summed E-state index contributed by atoms with van der Waals surface area (Å²) < 4.78 is 35.5. The van der Waals surface area contributed by atoms with Gasteiger partial charge >= 0.3 is 5.51 Å². The minimum Gasteiger partial charge on any atom is -0.397 e. The van der Waals surface area contributed by atoms with Crippen molar-refractivity contribution in [2.24, 2.45) is 0 Å². The Hall–Kier alpha value is -1.44. The third-order valence-electron chi connectivity index (χ3n) is 2.01. The lowest BCUT2D eigenvalue weighted by Gasteiger charge is -2.08. The van der Waals surface area contributed by atoms with E-state index in [0.29, 0.717) is 11.4 Å². The molecule has 0 radical (unpaired) electrons. The first kappa shape index (κ1) is 14.6. The highest BCUT2D eigenvalue weighted by atomic mass is 32.2. The molecule has 0 saturated heterocycles. The van der Waals surface area contributed by atoms with Gasteiger partial charge in [-0.3, -0.25) is 9.78 Å². The van der Waals surface area contributed by atoms with Gasteiger partial charge in [-0.2, -0.15) is 13.2 Å². The van der Waals surface area contributed by atoms with Crippen LogP contribution < -0.4 is 11.1 Å². The predicted molar refractivity (Wildman–Crippen MR) is 64.2 cm³/mol. The molecular formula is C10H12F3N3OS. The van der Waals surface area contributed by atoms with E-state index in [1.807, 2.05) is 0 Å². The van der Waals surface area contributed by atoms with E-state index in [9.17, 15) is 18.0 Å². The van der Waals surface area contributed by atoms with Crippen LogP contribution in [-0.4, -0.2) is 28.7 Å². The van der Waals surface area contributed by atoms with Crippen LogP contribution in [0.5, 0.6) is 0 Å². The molecule has 0 aromatic carbocycles. The van der Waals surface area contributed by atoms with E-state index < -0.39 is 11.4 Å². The molecule has 8 heteroatoms. The van der Waals surface area contributed by atoms with Gasteiger partial charge in [0.05, 0.1) is 23.1 Å². The standard InChI is InChI=1S/C10H12F3N3OS/c1-6-8(4-7(14)5-16-6)9(17)15-2-3-18-10(11,12)13/h4-5H,2-3,14H2,1H3,(H,15,17). The Morgan fingerprint density at radius 1 is 1.56 bits per heavy atom. The normalized spacial score (nSPS) is 11.3. The number of carbonyl (C=O) groups is 1. The minimum atomic E-state index is -4.28.